The average Bonchev–Trinajstić information content (AvgIpc) is 2.79. The molecule has 1 unspecified atom stereocenters. The van der Waals surface area contributed by atoms with Crippen LogP contribution in [0.5, 0.6) is 0 Å². The van der Waals surface area contributed by atoms with Gasteiger partial charge >= 0.3 is 0 Å². The molecule has 116 valence electrons. The summed E-state index contributed by atoms with van der Waals surface area (Å²) >= 11 is 0. The molecule has 1 aromatic rings. The van der Waals surface area contributed by atoms with Crippen molar-refractivity contribution in [2.75, 3.05) is 11.9 Å². The number of nitrogens with one attached hydrogen (secondary N) is 2. The number of hydrogen-bond acceptors (Lipinski definition) is 2. The molecule has 0 bridgehead atoms. The molecular formula is C18H28N2O. The highest BCUT2D eigenvalue weighted by molar-refractivity contribution is 5.94. The van der Waals surface area contributed by atoms with Crippen LogP contribution in [-0.4, -0.2) is 18.5 Å². The fraction of sp³-hybridized carbons (Fsp3) is 0.611. The molecule has 1 atom stereocenters. The highest BCUT2D eigenvalue weighted by Crippen LogP contribution is 2.67. The van der Waals surface area contributed by atoms with Crippen LogP contribution in [0.1, 0.15) is 40.2 Å². The standard InChI is InChI=1S/C18H28N2O/c1-12-7-9-14(10-8-12)20-16(21)13(2)19-11-15-17(3,4)18(15,5)6/h7-10,13,15,19H,11H2,1-6H3,(H,20,21). The molecule has 1 saturated carbocycles. The van der Waals surface area contributed by atoms with E-state index in [4.69, 9.17) is 0 Å². The van der Waals surface area contributed by atoms with Gasteiger partial charge in [-0.3, -0.25) is 4.79 Å². The first kappa shape index (κ1) is 16.0. The van der Waals surface area contributed by atoms with Crippen molar-refractivity contribution in [2.45, 2.75) is 47.6 Å². The van der Waals surface area contributed by atoms with Gasteiger partial charge < -0.3 is 10.6 Å². The minimum Gasteiger partial charge on any atom is -0.325 e. The van der Waals surface area contributed by atoms with Gasteiger partial charge in [0.2, 0.25) is 5.91 Å². The Morgan fingerprint density at radius 3 is 2.14 bits per heavy atom. The van der Waals surface area contributed by atoms with E-state index in [1.807, 2.05) is 38.1 Å². The van der Waals surface area contributed by atoms with Crippen molar-refractivity contribution in [3.63, 3.8) is 0 Å². The van der Waals surface area contributed by atoms with E-state index in [-0.39, 0.29) is 11.9 Å². The van der Waals surface area contributed by atoms with Crippen molar-refractivity contribution in [3.05, 3.63) is 29.8 Å². The summed E-state index contributed by atoms with van der Waals surface area (Å²) in [7, 11) is 0. The zero-order chi connectivity index (χ0) is 15.8. The van der Waals surface area contributed by atoms with Crippen molar-refractivity contribution >= 4 is 11.6 Å². The minimum absolute atomic E-state index is 0.0233. The van der Waals surface area contributed by atoms with Crippen LogP contribution >= 0.6 is 0 Å². The third kappa shape index (κ3) is 3.13. The molecule has 3 heteroatoms. The van der Waals surface area contributed by atoms with Gasteiger partial charge in [-0.1, -0.05) is 45.4 Å². The van der Waals surface area contributed by atoms with Crippen LogP contribution in [0, 0.1) is 23.7 Å². The van der Waals surface area contributed by atoms with Gasteiger partial charge in [-0.05, 0) is 49.3 Å². The van der Waals surface area contributed by atoms with Crippen LogP contribution in [0.25, 0.3) is 0 Å². The number of aryl methyl sites for hydroxylation is 1. The maximum Gasteiger partial charge on any atom is 0.241 e. The molecule has 3 nitrogen and oxygen atoms in total. The van der Waals surface area contributed by atoms with Crippen molar-refractivity contribution in [2.24, 2.45) is 16.7 Å². The lowest BCUT2D eigenvalue weighted by Gasteiger charge is -2.15. The summed E-state index contributed by atoms with van der Waals surface area (Å²) in [4.78, 5) is 12.2. The Labute approximate surface area is 128 Å². The zero-order valence-corrected chi connectivity index (χ0v) is 14.1. The number of rotatable bonds is 5. The lowest BCUT2D eigenvalue weighted by atomic mass is 10.0. The van der Waals surface area contributed by atoms with Gasteiger partial charge in [0, 0.05) is 5.69 Å². The Bertz CT molecular complexity index is 503. The van der Waals surface area contributed by atoms with Gasteiger partial charge in [-0.25, -0.2) is 0 Å². The predicted molar refractivity (Wildman–Crippen MR) is 88.3 cm³/mol. The normalized spacial score (nSPS) is 20.9. The maximum absolute atomic E-state index is 12.2. The van der Waals surface area contributed by atoms with Crippen molar-refractivity contribution in [1.29, 1.82) is 0 Å². The molecule has 0 radical (unpaired) electrons. The smallest absolute Gasteiger partial charge is 0.241 e. The van der Waals surface area contributed by atoms with E-state index in [2.05, 4.69) is 38.3 Å². The Balaban J connectivity index is 1.82. The monoisotopic (exact) mass is 288 g/mol. The molecule has 1 aromatic carbocycles. The molecule has 1 aliphatic carbocycles. The summed E-state index contributed by atoms with van der Waals surface area (Å²) in [6, 6.07) is 7.70. The third-order valence-electron chi connectivity index (χ3n) is 5.66. The van der Waals surface area contributed by atoms with E-state index in [1.165, 1.54) is 5.56 Å². The molecule has 2 N–H and O–H groups in total. The molecule has 0 spiro atoms. The molecule has 0 aromatic heterocycles. The second kappa shape index (κ2) is 5.45. The van der Waals surface area contributed by atoms with Gasteiger partial charge in [-0.15, -0.1) is 0 Å². The van der Waals surface area contributed by atoms with Crippen LogP contribution in [-0.2, 0) is 4.79 Å². The first-order valence-electron chi connectivity index (χ1n) is 7.77. The van der Waals surface area contributed by atoms with Gasteiger partial charge in [0.05, 0.1) is 6.04 Å². The highest BCUT2D eigenvalue weighted by atomic mass is 16.2. The third-order valence-corrected chi connectivity index (χ3v) is 5.66. The van der Waals surface area contributed by atoms with Crippen LogP contribution < -0.4 is 10.6 Å². The van der Waals surface area contributed by atoms with E-state index in [9.17, 15) is 4.79 Å². The molecular weight excluding hydrogens is 260 g/mol. The molecule has 1 fully saturated rings. The predicted octanol–water partition coefficient (Wildman–Crippen LogP) is 3.59. The summed E-state index contributed by atoms with van der Waals surface area (Å²) in [5.74, 6) is 0.648. The summed E-state index contributed by atoms with van der Waals surface area (Å²) in [6.07, 6.45) is 0. The number of anilines is 1. The Hall–Kier alpha value is -1.35. The largest absolute Gasteiger partial charge is 0.325 e. The SMILES string of the molecule is Cc1ccc(NC(=O)C(C)NCC2C(C)(C)C2(C)C)cc1. The second-order valence-electron chi connectivity index (χ2n) is 7.48. The van der Waals surface area contributed by atoms with Crippen molar-refractivity contribution in [1.82, 2.24) is 5.32 Å². The number of hydrogen-bond donors (Lipinski definition) is 2. The lowest BCUT2D eigenvalue weighted by molar-refractivity contribution is -0.117. The van der Waals surface area contributed by atoms with Crippen molar-refractivity contribution in [3.8, 4) is 0 Å². The lowest BCUT2D eigenvalue weighted by Crippen LogP contribution is -2.39. The van der Waals surface area contributed by atoms with Crippen LogP contribution in [0.2, 0.25) is 0 Å². The quantitative estimate of drug-likeness (QED) is 0.869. The fourth-order valence-electron chi connectivity index (χ4n) is 3.12. The van der Waals surface area contributed by atoms with Crippen LogP contribution in [0.3, 0.4) is 0 Å². The van der Waals surface area contributed by atoms with E-state index in [1.54, 1.807) is 0 Å². The Morgan fingerprint density at radius 1 is 1.14 bits per heavy atom. The number of carbonyl (C=O) groups excluding carboxylic acids is 1. The molecule has 0 saturated heterocycles. The van der Waals surface area contributed by atoms with Gasteiger partial charge in [0.25, 0.3) is 0 Å². The van der Waals surface area contributed by atoms with E-state index >= 15 is 0 Å². The fourth-order valence-corrected chi connectivity index (χ4v) is 3.12. The molecule has 2 rings (SSSR count). The number of benzene rings is 1. The van der Waals surface area contributed by atoms with Gasteiger partial charge in [0.1, 0.15) is 0 Å². The van der Waals surface area contributed by atoms with Gasteiger partial charge in [0.15, 0.2) is 0 Å². The van der Waals surface area contributed by atoms with E-state index in [0.717, 1.165) is 12.2 Å². The minimum atomic E-state index is -0.182. The van der Waals surface area contributed by atoms with Crippen molar-refractivity contribution < 1.29 is 4.79 Å². The van der Waals surface area contributed by atoms with Gasteiger partial charge in [-0.2, -0.15) is 0 Å². The second-order valence-corrected chi connectivity index (χ2v) is 7.48. The topological polar surface area (TPSA) is 41.1 Å². The van der Waals surface area contributed by atoms with Crippen LogP contribution in [0.4, 0.5) is 5.69 Å². The first-order chi connectivity index (χ1) is 9.66. The zero-order valence-electron chi connectivity index (χ0n) is 14.1. The number of amides is 1. The average molecular weight is 288 g/mol. The summed E-state index contributed by atoms with van der Waals surface area (Å²) in [5.41, 5.74) is 2.75. The molecule has 1 amide bonds. The maximum atomic E-state index is 12.2. The summed E-state index contributed by atoms with van der Waals surface area (Å²) in [6.45, 7) is 14.1. The Kier molecular flexibility index (Phi) is 4.16. The summed E-state index contributed by atoms with van der Waals surface area (Å²) in [5, 5.41) is 6.33. The molecule has 0 aliphatic heterocycles. The highest BCUT2D eigenvalue weighted by Gasteiger charge is 2.63. The van der Waals surface area contributed by atoms with E-state index in [0.29, 0.717) is 16.7 Å². The Morgan fingerprint density at radius 2 is 1.67 bits per heavy atom. The van der Waals surface area contributed by atoms with E-state index < -0.39 is 0 Å². The summed E-state index contributed by atoms with van der Waals surface area (Å²) < 4.78 is 0. The van der Waals surface area contributed by atoms with Crippen LogP contribution in [0.15, 0.2) is 24.3 Å². The number of carbonyl (C=O) groups is 1. The first-order valence-corrected chi connectivity index (χ1v) is 7.77. The molecule has 0 heterocycles. The molecule has 21 heavy (non-hydrogen) atoms. The molecule has 1 aliphatic rings.